The van der Waals surface area contributed by atoms with Crippen LogP contribution in [0, 0.1) is 0 Å². The first-order valence-electron chi connectivity index (χ1n) is 10.3. The summed E-state index contributed by atoms with van der Waals surface area (Å²) >= 11 is 0. The molecule has 3 N–H and O–H groups in total. The first-order valence-corrected chi connectivity index (χ1v) is 10.3. The number of carboxylic acids is 1. The van der Waals surface area contributed by atoms with Gasteiger partial charge in [-0.1, -0.05) is 42.5 Å². The molecule has 0 aliphatic rings. The number of carboxylic acid groups (broad SMARTS) is 1. The van der Waals surface area contributed by atoms with E-state index in [1.54, 1.807) is 24.3 Å². The normalized spacial score (nSPS) is 12.9. The topological polar surface area (TPSA) is 114 Å². The number of nitrogens with one attached hydrogen (secondary N) is 2. The number of carbonyl (C=O) groups excluding carboxylic acids is 2. The lowest BCUT2D eigenvalue weighted by Gasteiger charge is -2.22. The lowest BCUT2D eigenvalue weighted by molar-refractivity contribution is -0.142. The molecule has 0 aromatic heterocycles. The highest BCUT2D eigenvalue weighted by atomic mass is 16.5. The van der Waals surface area contributed by atoms with Crippen LogP contribution in [0.4, 0.5) is 4.79 Å². The molecule has 8 nitrogen and oxygen atoms in total. The van der Waals surface area contributed by atoms with Crippen LogP contribution in [0.1, 0.15) is 38.8 Å². The molecule has 0 radical (unpaired) electrons. The van der Waals surface area contributed by atoms with Crippen molar-refractivity contribution >= 4 is 18.0 Å². The quantitative estimate of drug-likeness (QED) is 0.549. The van der Waals surface area contributed by atoms with Gasteiger partial charge < -0.3 is 25.2 Å². The van der Waals surface area contributed by atoms with Crippen LogP contribution in [0.15, 0.2) is 54.6 Å². The van der Waals surface area contributed by atoms with Gasteiger partial charge >= 0.3 is 12.1 Å². The van der Waals surface area contributed by atoms with E-state index in [-0.39, 0.29) is 18.6 Å². The molecular weight excluding hydrogens is 412 g/mol. The lowest BCUT2D eigenvalue weighted by atomic mass is 10.1. The molecule has 2 amide bonds. The molecule has 0 unspecified atom stereocenters. The number of benzene rings is 2. The van der Waals surface area contributed by atoms with Crippen LogP contribution in [-0.4, -0.2) is 40.8 Å². The smallest absolute Gasteiger partial charge is 0.408 e. The van der Waals surface area contributed by atoms with E-state index >= 15 is 0 Å². The van der Waals surface area contributed by atoms with Crippen LogP contribution >= 0.6 is 0 Å². The Morgan fingerprint density at radius 2 is 1.56 bits per heavy atom. The summed E-state index contributed by atoms with van der Waals surface area (Å²) in [6.45, 7) is 7.32. The summed E-state index contributed by atoms with van der Waals surface area (Å²) in [5, 5.41) is 14.4. The minimum atomic E-state index is -1.17. The zero-order valence-corrected chi connectivity index (χ0v) is 18.8. The van der Waals surface area contributed by atoms with E-state index < -0.39 is 30.1 Å². The van der Waals surface area contributed by atoms with Crippen LogP contribution < -0.4 is 15.4 Å². The maximum Gasteiger partial charge on any atom is 0.408 e. The molecule has 8 heteroatoms. The van der Waals surface area contributed by atoms with Gasteiger partial charge in [-0.25, -0.2) is 9.59 Å². The minimum absolute atomic E-state index is 0.0632. The number of rotatable bonds is 9. The summed E-state index contributed by atoms with van der Waals surface area (Å²) in [7, 11) is 0. The number of amides is 2. The molecule has 0 saturated carbocycles. The second-order valence-electron chi connectivity index (χ2n) is 8.39. The van der Waals surface area contributed by atoms with Gasteiger partial charge in [-0.15, -0.1) is 0 Å². The van der Waals surface area contributed by atoms with Gasteiger partial charge in [0.25, 0.3) is 0 Å². The van der Waals surface area contributed by atoms with Crippen molar-refractivity contribution in [3.8, 4) is 5.75 Å². The Morgan fingerprint density at radius 1 is 0.938 bits per heavy atom. The van der Waals surface area contributed by atoms with E-state index in [1.165, 1.54) is 6.92 Å². The third-order valence-electron chi connectivity index (χ3n) is 4.34. The maximum absolute atomic E-state index is 12.4. The number of carbonyl (C=O) groups is 3. The van der Waals surface area contributed by atoms with Crippen molar-refractivity contribution in [3.63, 3.8) is 0 Å². The molecule has 0 spiro atoms. The second kappa shape index (κ2) is 11.2. The summed E-state index contributed by atoms with van der Waals surface area (Å²) in [5.41, 5.74) is 1.19. The maximum atomic E-state index is 12.4. The fourth-order valence-corrected chi connectivity index (χ4v) is 2.79. The number of hydrogen-bond donors (Lipinski definition) is 3. The van der Waals surface area contributed by atoms with E-state index in [4.69, 9.17) is 9.47 Å². The van der Waals surface area contributed by atoms with E-state index in [0.717, 1.165) is 11.1 Å². The van der Waals surface area contributed by atoms with Gasteiger partial charge in [0, 0.05) is 6.42 Å². The number of aliphatic carboxylic acids is 1. The molecule has 0 aliphatic carbocycles. The Morgan fingerprint density at radius 3 is 2.12 bits per heavy atom. The van der Waals surface area contributed by atoms with Gasteiger partial charge in [-0.3, -0.25) is 4.79 Å². The van der Waals surface area contributed by atoms with E-state index in [9.17, 15) is 19.5 Å². The molecule has 2 atom stereocenters. The third-order valence-corrected chi connectivity index (χ3v) is 4.34. The number of alkyl carbamates (subject to hydrolysis) is 1. The Labute approximate surface area is 187 Å². The molecule has 0 fully saturated rings. The van der Waals surface area contributed by atoms with Crippen molar-refractivity contribution in [2.45, 2.75) is 58.4 Å². The van der Waals surface area contributed by atoms with Gasteiger partial charge in [-0.05, 0) is 51.0 Å². The number of ether oxygens (including phenoxy) is 2. The van der Waals surface area contributed by atoms with Crippen LogP contribution in [0.25, 0.3) is 0 Å². The fraction of sp³-hybridized carbons (Fsp3) is 0.375. The lowest BCUT2D eigenvalue weighted by Crippen LogP contribution is -2.51. The first-order chi connectivity index (χ1) is 15.0. The van der Waals surface area contributed by atoms with Gasteiger partial charge in [0.2, 0.25) is 5.91 Å². The molecule has 172 valence electrons. The van der Waals surface area contributed by atoms with Crippen molar-refractivity contribution in [3.05, 3.63) is 65.7 Å². The summed E-state index contributed by atoms with van der Waals surface area (Å²) in [6.07, 6.45) is -0.681. The zero-order chi connectivity index (χ0) is 23.7. The van der Waals surface area contributed by atoms with Crippen molar-refractivity contribution in [1.82, 2.24) is 10.6 Å². The van der Waals surface area contributed by atoms with E-state index in [2.05, 4.69) is 10.6 Å². The highest BCUT2D eigenvalue weighted by Crippen LogP contribution is 2.19. The molecule has 32 heavy (non-hydrogen) atoms. The SMILES string of the molecule is C[C@H](NC(=O)OCc1ccccc1)C(=O)N[C@@H](Cc1ccc(OC(C)(C)C)cc1)C(=O)O. The summed E-state index contributed by atoms with van der Waals surface area (Å²) in [4.78, 5) is 36.0. The van der Waals surface area contributed by atoms with Gasteiger partial charge in [0.05, 0.1) is 0 Å². The monoisotopic (exact) mass is 442 g/mol. The molecule has 0 heterocycles. The predicted molar refractivity (Wildman–Crippen MR) is 119 cm³/mol. The van der Waals surface area contributed by atoms with Crippen molar-refractivity contribution < 1.29 is 29.0 Å². The van der Waals surface area contributed by atoms with Gasteiger partial charge in [-0.2, -0.15) is 0 Å². The fourth-order valence-electron chi connectivity index (χ4n) is 2.79. The highest BCUT2D eigenvalue weighted by Gasteiger charge is 2.24. The predicted octanol–water partition coefficient (Wildman–Crippen LogP) is 3.29. The van der Waals surface area contributed by atoms with Crippen molar-refractivity contribution in [1.29, 1.82) is 0 Å². The van der Waals surface area contributed by atoms with Crippen LogP contribution in [0.3, 0.4) is 0 Å². The van der Waals surface area contributed by atoms with Gasteiger partial charge in [0.1, 0.15) is 30.0 Å². The Bertz CT molecular complexity index is 906. The Balaban J connectivity index is 1.87. The van der Waals surface area contributed by atoms with E-state index in [0.29, 0.717) is 5.75 Å². The average molecular weight is 443 g/mol. The molecular formula is C24H30N2O6. The molecule has 0 bridgehead atoms. The Kier molecular flexibility index (Phi) is 8.63. The number of hydrogen-bond acceptors (Lipinski definition) is 5. The van der Waals surface area contributed by atoms with E-state index in [1.807, 2.05) is 51.1 Å². The van der Waals surface area contributed by atoms with Crippen LogP contribution in [-0.2, 0) is 27.4 Å². The average Bonchev–Trinajstić information content (AvgIpc) is 2.72. The molecule has 0 saturated heterocycles. The highest BCUT2D eigenvalue weighted by molar-refractivity contribution is 5.89. The van der Waals surface area contributed by atoms with Crippen LogP contribution in [0.2, 0.25) is 0 Å². The minimum Gasteiger partial charge on any atom is -0.488 e. The molecule has 2 aromatic carbocycles. The third kappa shape index (κ3) is 8.67. The van der Waals surface area contributed by atoms with Crippen LogP contribution in [0.5, 0.6) is 5.75 Å². The second-order valence-corrected chi connectivity index (χ2v) is 8.39. The molecule has 2 aromatic rings. The van der Waals surface area contributed by atoms with Gasteiger partial charge in [0.15, 0.2) is 0 Å². The van der Waals surface area contributed by atoms with Crippen molar-refractivity contribution in [2.75, 3.05) is 0 Å². The summed E-state index contributed by atoms with van der Waals surface area (Å²) < 4.78 is 10.8. The zero-order valence-electron chi connectivity index (χ0n) is 18.8. The summed E-state index contributed by atoms with van der Waals surface area (Å²) in [5.74, 6) is -1.13. The molecule has 2 rings (SSSR count). The largest absolute Gasteiger partial charge is 0.488 e. The molecule has 0 aliphatic heterocycles. The van der Waals surface area contributed by atoms with Crippen molar-refractivity contribution in [2.24, 2.45) is 0 Å². The summed E-state index contributed by atoms with van der Waals surface area (Å²) in [6, 6.07) is 14.0. The standard InChI is InChI=1S/C24H30N2O6/c1-16(25-23(30)31-15-18-8-6-5-7-9-18)21(27)26-20(22(28)29)14-17-10-12-19(13-11-17)32-24(2,3)4/h5-13,16,20H,14-15H2,1-4H3,(H,25,30)(H,26,27)(H,28,29)/t16-,20-/m0/s1. The first kappa shape index (κ1) is 24.7. The Hall–Kier alpha value is -3.55.